The number of nitrogens with two attached hydrogens (primary N) is 1. The number of halogens is 1. The molecule has 0 radical (unpaired) electrons. The molecule has 0 aliphatic carbocycles. The zero-order chi connectivity index (χ0) is 6.57. The van der Waals surface area contributed by atoms with E-state index >= 15 is 0 Å². The predicted molar refractivity (Wildman–Crippen MR) is 35.8 cm³/mol. The molecule has 0 amide bonds. The average Bonchev–Trinajstić information content (AvgIpc) is 1.65. The van der Waals surface area contributed by atoms with Gasteiger partial charge in [-0.25, -0.2) is 5.43 Å². The summed E-state index contributed by atoms with van der Waals surface area (Å²) < 4.78 is 4.52. The summed E-state index contributed by atoms with van der Waals surface area (Å²) in [4.78, 5) is 10.1. The molecular formula is C4H11ClN2O2. The first-order valence-electron chi connectivity index (χ1n) is 2.30. The highest BCUT2D eigenvalue weighted by atomic mass is 35.5. The van der Waals surface area contributed by atoms with Gasteiger partial charge in [-0.15, -0.1) is 12.4 Å². The predicted octanol–water partition coefficient (Wildman–Crippen LogP) is -0.219. The van der Waals surface area contributed by atoms with Gasteiger partial charge in [0.1, 0.15) is 0 Å². The van der Waals surface area contributed by atoms with Crippen molar-refractivity contribution in [2.24, 2.45) is 5.84 Å². The van der Waals surface area contributed by atoms with E-state index in [1.54, 1.807) is 6.92 Å². The van der Waals surface area contributed by atoms with Crippen molar-refractivity contribution >= 4 is 18.4 Å². The number of carbonyl (C=O) groups excluding carboxylic acids is 1. The van der Waals surface area contributed by atoms with Crippen LogP contribution in [0.25, 0.3) is 0 Å². The van der Waals surface area contributed by atoms with Crippen LogP contribution in [0.1, 0.15) is 13.8 Å². The van der Waals surface area contributed by atoms with Gasteiger partial charge in [0, 0.05) is 6.92 Å². The molecule has 1 unspecified atom stereocenters. The van der Waals surface area contributed by atoms with Crippen LogP contribution in [0.3, 0.4) is 0 Å². The van der Waals surface area contributed by atoms with Crippen molar-refractivity contribution in [1.82, 2.24) is 5.43 Å². The third-order valence-corrected chi connectivity index (χ3v) is 0.577. The van der Waals surface area contributed by atoms with Gasteiger partial charge in [0.2, 0.25) is 0 Å². The van der Waals surface area contributed by atoms with Gasteiger partial charge in [0.15, 0.2) is 6.23 Å². The lowest BCUT2D eigenvalue weighted by Gasteiger charge is -2.07. The van der Waals surface area contributed by atoms with E-state index < -0.39 is 6.23 Å². The van der Waals surface area contributed by atoms with Gasteiger partial charge in [0.25, 0.3) is 0 Å². The molecule has 5 heteroatoms. The maximum absolute atomic E-state index is 10.1. The fourth-order valence-corrected chi connectivity index (χ4v) is 0.283. The first-order chi connectivity index (χ1) is 3.66. The minimum Gasteiger partial charge on any atom is -0.446 e. The zero-order valence-corrected chi connectivity index (χ0v) is 6.20. The number of hydrogen-bond donors (Lipinski definition) is 2. The van der Waals surface area contributed by atoms with Crippen LogP contribution in [0.2, 0.25) is 0 Å². The largest absolute Gasteiger partial charge is 0.446 e. The summed E-state index contributed by atoms with van der Waals surface area (Å²) in [6.07, 6.45) is -0.396. The molecule has 0 aromatic rings. The van der Waals surface area contributed by atoms with Gasteiger partial charge in [0.05, 0.1) is 0 Å². The van der Waals surface area contributed by atoms with Crippen molar-refractivity contribution in [3.8, 4) is 0 Å². The lowest BCUT2D eigenvalue weighted by molar-refractivity contribution is -0.146. The summed E-state index contributed by atoms with van der Waals surface area (Å²) >= 11 is 0. The molecule has 9 heavy (non-hydrogen) atoms. The molecule has 0 saturated heterocycles. The molecule has 1 atom stereocenters. The molecule has 0 saturated carbocycles. The van der Waals surface area contributed by atoms with E-state index in [2.05, 4.69) is 10.2 Å². The number of ether oxygens (including phenoxy) is 1. The molecule has 0 spiro atoms. The fourth-order valence-electron chi connectivity index (χ4n) is 0.283. The molecule has 0 aliphatic rings. The fraction of sp³-hybridized carbons (Fsp3) is 0.750. The molecule has 0 aromatic heterocycles. The van der Waals surface area contributed by atoms with Crippen LogP contribution in [-0.4, -0.2) is 12.2 Å². The third-order valence-electron chi connectivity index (χ3n) is 0.577. The molecule has 0 heterocycles. The Bertz CT molecular complexity index is 88.6. The molecular weight excluding hydrogens is 144 g/mol. The Morgan fingerprint density at radius 2 is 2.22 bits per heavy atom. The van der Waals surface area contributed by atoms with Crippen molar-refractivity contribution in [2.45, 2.75) is 20.1 Å². The van der Waals surface area contributed by atoms with Gasteiger partial charge < -0.3 is 4.74 Å². The third kappa shape index (κ3) is 7.68. The highest BCUT2D eigenvalue weighted by Gasteiger charge is 1.98. The maximum Gasteiger partial charge on any atom is 0.304 e. The lowest BCUT2D eigenvalue weighted by atomic mass is 10.7. The smallest absolute Gasteiger partial charge is 0.304 e. The van der Waals surface area contributed by atoms with Crippen molar-refractivity contribution in [2.75, 3.05) is 0 Å². The highest BCUT2D eigenvalue weighted by molar-refractivity contribution is 5.85. The van der Waals surface area contributed by atoms with Gasteiger partial charge in [-0.3, -0.25) is 10.6 Å². The number of hydrazine groups is 1. The summed E-state index contributed by atoms with van der Waals surface area (Å²) in [5, 5.41) is 0. The first-order valence-corrected chi connectivity index (χ1v) is 2.30. The molecule has 0 aromatic carbocycles. The molecule has 0 bridgehead atoms. The number of esters is 1. The Hall–Kier alpha value is -0.320. The topological polar surface area (TPSA) is 64.3 Å². The van der Waals surface area contributed by atoms with Crippen LogP contribution in [0, 0.1) is 0 Å². The van der Waals surface area contributed by atoms with Crippen molar-refractivity contribution in [3.05, 3.63) is 0 Å². The van der Waals surface area contributed by atoms with Crippen LogP contribution < -0.4 is 11.3 Å². The summed E-state index contributed by atoms with van der Waals surface area (Å²) in [7, 11) is 0. The lowest BCUT2D eigenvalue weighted by Crippen LogP contribution is -2.35. The summed E-state index contributed by atoms with van der Waals surface area (Å²) in [5.74, 6) is 4.56. The molecule has 0 rings (SSSR count). The van der Waals surface area contributed by atoms with Gasteiger partial charge in [-0.1, -0.05) is 0 Å². The number of rotatable bonds is 2. The minimum atomic E-state index is -0.396. The normalized spacial score (nSPS) is 11.4. The monoisotopic (exact) mass is 154 g/mol. The van der Waals surface area contributed by atoms with E-state index in [-0.39, 0.29) is 18.4 Å². The zero-order valence-electron chi connectivity index (χ0n) is 5.38. The summed E-state index contributed by atoms with van der Waals surface area (Å²) in [6.45, 7) is 2.97. The van der Waals surface area contributed by atoms with E-state index in [4.69, 9.17) is 5.84 Å². The molecule has 3 N–H and O–H groups in total. The van der Waals surface area contributed by atoms with E-state index in [0.717, 1.165) is 0 Å². The van der Waals surface area contributed by atoms with Crippen LogP contribution in [-0.2, 0) is 9.53 Å². The highest BCUT2D eigenvalue weighted by Crippen LogP contribution is 1.81. The van der Waals surface area contributed by atoms with Crippen molar-refractivity contribution in [3.63, 3.8) is 0 Å². The van der Waals surface area contributed by atoms with E-state index in [0.29, 0.717) is 0 Å². The second-order valence-electron chi connectivity index (χ2n) is 1.42. The minimum absolute atomic E-state index is 0. The second-order valence-corrected chi connectivity index (χ2v) is 1.42. The SMILES string of the molecule is CC(=O)OC(C)NN.Cl. The summed E-state index contributed by atoms with van der Waals surface area (Å²) in [5.41, 5.74) is 2.25. The second kappa shape index (κ2) is 5.81. The van der Waals surface area contributed by atoms with Gasteiger partial charge in [-0.2, -0.15) is 0 Å². The van der Waals surface area contributed by atoms with Crippen LogP contribution in [0.4, 0.5) is 0 Å². The van der Waals surface area contributed by atoms with E-state index in [1.165, 1.54) is 6.92 Å². The maximum atomic E-state index is 10.1. The Kier molecular flexibility index (Phi) is 7.41. The Labute approximate surface area is 60.1 Å². The Balaban J connectivity index is 0. The first kappa shape index (κ1) is 11.5. The summed E-state index contributed by atoms with van der Waals surface area (Å²) in [6, 6.07) is 0. The number of carbonyl (C=O) groups is 1. The Morgan fingerprint density at radius 1 is 1.78 bits per heavy atom. The number of nitrogens with one attached hydrogen (secondary N) is 1. The average molecular weight is 155 g/mol. The van der Waals surface area contributed by atoms with Crippen molar-refractivity contribution in [1.29, 1.82) is 0 Å². The Morgan fingerprint density at radius 3 is 2.33 bits per heavy atom. The van der Waals surface area contributed by atoms with Crippen LogP contribution >= 0.6 is 12.4 Å². The molecule has 56 valence electrons. The van der Waals surface area contributed by atoms with Crippen molar-refractivity contribution < 1.29 is 9.53 Å². The standard InChI is InChI=1S/C4H10N2O2.ClH/c1-3(6-5)8-4(2)7;/h3,6H,5H2,1-2H3;1H. The molecule has 4 nitrogen and oxygen atoms in total. The quantitative estimate of drug-likeness (QED) is 0.250. The van der Waals surface area contributed by atoms with Crippen LogP contribution in [0.15, 0.2) is 0 Å². The van der Waals surface area contributed by atoms with E-state index in [1.807, 2.05) is 0 Å². The van der Waals surface area contributed by atoms with E-state index in [9.17, 15) is 4.79 Å². The van der Waals surface area contributed by atoms with Gasteiger partial charge in [-0.05, 0) is 6.92 Å². The van der Waals surface area contributed by atoms with Gasteiger partial charge >= 0.3 is 5.97 Å². The molecule has 0 aliphatic heterocycles. The van der Waals surface area contributed by atoms with Crippen LogP contribution in [0.5, 0.6) is 0 Å². The molecule has 0 fully saturated rings. The number of hydrogen-bond acceptors (Lipinski definition) is 4.